The Hall–Kier alpha value is -5.42. The van der Waals surface area contributed by atoms with Crippen LogP contribution in [0.15, 0.2) is 169 Å². The predicted octanol–water partition coefficient (Wildman–Crippen LogP) is 11.6. The molecule has 222 valence electrons. The Morgan fingerprint density at radius 1 is 0.383 bits per heavy atom. The van der Waals surface area contributed by atoms with E-state index in [1.54, 1.807) is 22.7 Å². The van der Waals surface area contributed by atoms with Gasteiger partial charge in [-0.15, -0.1) is 22.7 Å². The molecule has 0 bridgehead atoms. The van der Waals surface area contributed by atoms with Crippen molar-refractivity contribution in [3.8, 4) is 54.5 Å². The van der Waals surface area contributed by atoms with Gasteiger partial charge in [-0.2, -0.15) is 0 Å². The summed E-state index contributed by atoms with van der Waals surface area (Å²) in [7, 11) is 0. The summed E-state index contributed by atoms with van der Waals surface area (Å²) in [5.41, 5.74) is 14.2. The number of hydrogen-bond donors (Lipinski definition) is 0. The fraction of sp³-hybridized carbons (Fsp3) is 0.0233. The molecule has 2 aromatic heterocycles. The highest BCUT2D eigenvalue weighted by molar-refractivity contribution is 7.13. The van der Waals surface area contributed by atoms with Gasteiger partial charge in [-0.1, -0.05) is 121 Å². The second-order valence-electron chi connectivity index (χ2n) is 11.8. The third-order valence-electron chi connectivity index (χ3n) is 9.30. The van der Waals surface area contributed by atoms with Gasteiger partial charge in [0, 0.05) is 34.3 Å². The molecule has 4 heteroatoms. The monoisotopic (exact) mass is 636 g/mol. The lowest BCUT2D eigenvalue weighted by Gasteiger charge is -2.34. The van der Waals surface area contributed by atoms with Crippen molar-refractivity contribution in [2.24, 2.45) is 0 Å². The maximum atomic E-state index is 4.58. The summed E-state index contributed by atoms with van der Waals surface area (Å²) in [6.45, 7) is 0. The Kier molecular flexibility index (Phi) is 6.77. The van der Waals surface area contributed by atoms with Gasteiger partial charge in [0.1, 0.15) is 10.0 Å². The SMILES string of the molecule is c1ccc(C2(c3ccccc3)c3cc(-c4cccc(-c5nccs5)c4)ccc3-c3ccc(-c4cccc(-c5nccs5)c4)cc32)cc1. The first-order chi connectivity index (χ1) is 23.3. The Morgan fingerprint density at radius 2 is 0.809 bits per heavy atom. The average molecular weight is 637 g/mol. The smallest absolute Gasteiger partial charge is 0.123 e. The van der Waals surface area contributed by atoms with Gasteiger partial charge in [-0.05, 0) is 79.9 Å². The number of fused-ring (bicyclic) bond motifs is 3. The molecule has 1 aliphatic rings. The molecular formula is C43H28N2S2. The van der Waals surface area contributed by atoms with Gasteiger partial charge in [-0.3, -0.25) is 0 Å². The van der Waals surface area contributed by atoms with E-state index in [4.69, 9.17) is 0 Å². The van der Waals surface area contributed by atoms with E-state index in [0.29, 0.717) is 0 Å². The van der Waals surface area contributed by atoms with Crippen LogP contribution in [0.25, 0.3) is 54.5 Å². The summed E-state index contributed by atoms with van der Waals surface area (Å²) in [5.74, 6) is 0. The normalized spacial score (nSPS) is 12.9. The number of benzene rings is 6. The van der Waals surface area contributed by atoms with Gasteiger partial charge in [0.05, 0.1) is 5.41 Å². The van der Waals surface area contributed by atoms with Crippen molar-refractivity contribution in [3.63, 3.8) is 0 Å². The first kappa shape index (κ1) is 27.9. The molecule has 8 aromatic rings. The topological polar surface area (TPSA) is 25.8 Å². The van der Waals surface area contributed by atoms with Gasteiger partial charge in [0.15, 0.2) is 0 Å². The van der Waals surface area contributed by atoms with Gasteiger partial charge in [0.2, 0.25) is 0 Å². The van der Waals surface area contributed by atoms with Gasteiger partial charge < -0.3 is 0 Å². The lowest BCUT2D eigenvalue weighted by molar-refractivity contribution is 0.769. The highest BCUT2D eigenvalue weighted by atomic mass is 32.1. The molecule has 0 unspecified atom stereocenters. The van der Waals surface area contributed by atoms with E-state index >= 15 is 0 Å². The molecule has 9 rings (SSSR count). The largest absolute Gasteiger partial charge is 0.245 e. The Bertz CT molecular complexity index is 2170. The molecule has 0 amide bonds. The fourth-order valence-electron chi connectivity index (χ4n) is 7.24. The van der Waals surface area contributed by atoms with E-state index in [1.165, 1.54) is 55.6 Å². The van der Waals surface area contributed by atoms with Crippen LogP contribution in [0.3, 0.4) is 0 Å². The number of aromatic nitrogens is 2. The van der Waals surface area contributed by atoms with Crippen molar-refractivity contribution in [1.29, 1.82) is 0 Å². The summed E-state index contributed by atoms with van der Waals surface area (Å²) in [5, 5.41) is 6.14. The zero-order valence-electron chi connectivity index (χ0n) is 25.4. The molecular weight excluding hydrogens is 609 g/mol. The molecule has 0 atom stereocenters. The Labute approximate surface area is 282 Å². The molecule has 0 spiro atoms. The maximum Gasteiger partial charge on any atom is 0.123 e. The van der Waals surface area contributed by atoms with Crippen molar-refractivity contribution in [1.82, 2.24) is 9.97 Å². The summed E-state index contributed by atoms with van der Waals surface area (Å²) in [4.78, 5) is 9.15. The predicted molar refractivity (Wildman–Crippen MR) is 197 cm³/mol. The molecule has 47 heavy (non-hydrogen) atoms. The lowest BCUT2D eigenvalue weighted by atomic mass is 9.67. The molecule has 0 fully saturated rings. The second kappa shape index (κ2) is 11.4. The van der Waals surface area contributed by atoms with Gasteiger partial charge in [-0.25, -0.2) is 9.97 Å². The van der Waals surface area contributed by atoms with E-state index in [9.17, 15) is 0 Å². The van der Waals surface area contributed by atoms with Crippen molar-refractivity contribution in [3.05, 3.63) is 191 Å². The molecule has 2 nitrogen and oxygen atoms in total. The van der Waals surface area contributed by atoms with Crippen LogP contribution in [-0.4, -0.2) is 9.97 Å². The van der Waals surface area contributed by atoms with Gasteiger partial charge in [0.25, 0.3) is 0 Å². The second-order valence-corrected chi connectivity index (χ2v) is 13.6. The maximum absolute atomic E-state index is 4.58. The number of rotatable bonds is 6. The molecule has 0 N–H and O–H groups in total. The van der Waals surface area contributed by atoms with Crippen molar-refractivity contribution in [2.75, 3.05) is 0 Å². The minimum absolute atomic E-state index is 0.501. The highest BCUT2D eigenvalue weighted by Crippen LogP contribution is 2.57. The molecule has 6 aromatic carbocycles. The highest BCUT2D eigenvalue weighted by Gasteiger charge is 2.46. The molecule has 0 radical (unpaired) electrons. The van der Waals surface area contributed by atoms with Crippen LogP contribution in [0.4, 0.5) is 0 Å². The molecule has 0 aliphatic heterocycles. The van der Waals surface area contributed by atoms with E-state index in [2.05, 4.69) is 156 Å². The molecule has 0 saturated carbocycles. The van der Waals surface area contributed by atoms with E-state index < -0.39 is 5.41 Å². The van der Waals surface area contributed by atoms with Crippen LogP contribution >= 0.6 is 22.7 Å². The third kappa shape index (κ3) is 4.60. The van der Waals surface area contributed by atoms with Crippen molar-refractivity contribution < 1.29 is 0 Å². The van der Waals surface area contributed by atoms with Crippen molar-refractivity contribution >= 4 is 22.7 Å². The fourth-order valence-corrected chi connectivity index (χ4v) is 8.51. The van der Waals surface area contributed by atoms with Crippen LogP contribution in [0.1, 0.15) is 22.3 Å². The summed E-state index contributed by atoms with van der Waals surface area (Å²) in [6, 6.07) is 53.7. The summed E-state index contributed by atoms with van der Waals surface area (Å²) < 4.78 is 0. The van der Waals surface area contributed by atoms with E-state index in [1.807, 2.05) is 23.2 Å². The number of nitrogens with zero attached hydrogens (tertiary/aromatic N) is 2. The Balaban J connectivity index is 1.29. The third-order valence-corrected chi connectivity index (χ3v) is 10.9. The van der Waals surface area contributed by atoms with E-state index in [0.717, 1.165) is 21.1 Å². The Morgan fingerprint density at radius 3 is 1.23 bits per heavy atom. The van der Waals surface area contributed by atoms with Crippen LogP contribution in [0, 0.1) is 0 Å². The zero-order chi connectivity index (χ0) is 31.2. The minimum atomic E-state index is -0.501. The van der Waals surface area contributed by atoms with Crippen LogP contribution < -0.4 is 0 Å². The van der Waals surface area contributed by atoms with Crippen LogP contribution in [0.5, 0.6) is 0 Å². The first-order valence-electron chi connectivity index (χ1n) is 15.7. The van der Waals surface area contributed by atoms with Crippen LogP contribution in [-0.2, 0) is 5.41 Å². The molecule has 0 saturated heterocycles. The zero-order valence-corrected chi connectivity index (χ0v) is 27.0. The summed E-state index contributed by atoms with van der Waals surface area (Å²) >= 11 is 3.34. The van der Waals surface area contributed by atoms with Crippen molar-refractivity contribution in [2.45, 2.75) is 5.41 Å². The van der Waals surface area contributed by atoms with Crippen LogP contribution in [0.2, 0.25) is 0 Å². The standard InChI is InChI=1S/C43H28N2S2/c1-3-13-35(14-4-1)43(36-15-5-2-6-16-36)39-27-31(29-9-7-11-33(25-29)41-44-21-23-46-41)17-19-37(39)38-20-18-32(28-40(38)43)30-10-8-12-34(26-30)42-45-22-24-47-42/h1-28H. The van der Waals surface area contributed by atoms with Gasteiger partial charge >= 0.3 is 0 Å². The summed E-state index contributed by atoms with van der Waals surface area (Å²) in [6.07, 6.45) is 3.74. The number of hydrogen-bond acceptors (Lipinski definition) is 4. The average Bonchev–Trinajstić information content (AvgIpc) is 3.93. The quantitative estimate of drug-likeness (QED) is 0.181. The first-order valence-corrected chi connectivity index (χ1v) is 17.5. The molecule has 1 aliphatic carbocycles. The van der Waals surface area contributed by atoms with E-state index in [-0.39, 0.29) is 0 Å². The number of thiazole rings is 2. The minimum Gasteiger partial charge on any atom is -0.245 e. The molecule has 2 heterocycles. The lowest BCUT2D eigenvalue weighted by Crippen LogP contribution is -2.28.